The summed E-state index contributed by atoms with van der Waals surface area (Å²) in [4.78, 5) is 34.7. The maximum atomic E-state index is 13.4. The lowest BCUT2D eigenvalue weighted by Gasteiger charge is -2.07. The molecule has 0 spiro atoms. The fourth-order valence-electron chi connectivity index (χ4n) is 1.94. The smallest absolute Gasteiger partial charge is 0.251 e. The third-order valence-corrected chi connectivity index (χ3v) is 4.03. The predicted molar refractivity (Wildman–Crippen MR) is 88.9 cm³/mol. The van der Waals surface area contributed by atoms with Gasteiger partial charge in [-0.3, -0.25) is 14.4 Å². The molecule has 0 atom stereocenters. The molecule has 0 fully saturated rings. The Morgan fingerprint density at radius 1 is 1.08 bits per heavy atom. The van der Waals surface area contributed by atoms with Gasteiger partial charge in [-0.15, -0.1) is 11.3 Å². The van der Waals surface area contributed by atoms with Crippen molar-refractivity contribution < 1.29 is 18.8 Å². The van der Waals surface area contributed by atoms with Gasteiger partial charge in [0.15, 0.2) is 0 Å². The monoisotopic (exact) mass is 349 g/mol. The molecule has 24 heavy (non-hydrogen) atoms. The van der Waals surface area contributed by atoms with E-state index in [2.05, 4.69) is 10.6 Å². The molecule has 0 aliphatic heterocycles. The molecule has 1 aromatic heterocycles. The number of nitrogens with one attached hydrogen (secondary N) is 2. The van der Waals surface area contributed by atoms with Gasteiger partial charge in [-0.05, 0) is 17.5 Å². The van der Waals surface area contributed by atoms with Crippen LogP contribution >= 0.6 is 11.3 Å². The molecule has 1 heterocycles. The van der Waals surface area contributed by atoms with E-state index in [0.29, 0.717) is 10.6 Å². The molecule has 8 heteroatoms. The average Bonchev–Trinajstić information content (AvgIpc) is 3.00. The van der Waals surface area contributed by atoms with E-state index in [1.54, 1.807) is 23.6 Å². The van der Waals surface area contributed by atoms with Crippen molar-refractivity contribution in [2.24, 2.45) is 5.73 Å². The van der Waals surface area contributed by atoms with Crippen LogP contribution in [0.1, 0.15) is 28.8 Å². The Kier molecular flexibility index (Phi) is 6.02. The molecule has 126 valence electrons. The van der Waals surface area contributed by atoms with Gasteiger partial charge in [0, 0.05) is 24.9 Å². The number of hydrogen-bond donors (Lipinski definition) is 3. The van der Waals surface area contributed by atoms with Crippen LogP contribution in [0.5, 0.6) is 0 Å². The van der Waals surface area contributed by atoms with Crippen LogP contribution in [-0.2, 0) is 16.1 Å². The Morgan fingerprint density at radius 2 is 1.79 bits per heavy atom. The molecule has 0 saturated carbocycles. The molecule has 1 aromatic carbocycles. The van der Waals surface area contributed by atoms with E-state index < -0.39 is 17.6 Å². The molecule has 2 rings (SSSR count). The summed E-state index contributed by atoms with van der Waals surface area (Å²) in [5.74, 6) is -1.79. The minimum atomic E-state index is -0.630. The topological polar surface area (TPSA) is 101 Å². The Balaban J connectivity index is 1.77. The van der Waals surface area contributed by atoms with Crippen molar-refractivity contribution in [3.05, 3.63) is 52.7 Å². The molecular formula is C16H16FN3O3S. The van der Waals surface area contributed by atoms with Gasteiger partial charge in [0.05, 0.1) is 5.56 Å². The number of rotatable bonds is 7. The first-order chi connectivity index (χ1) is 11.5. The number of halogens is 1. The lowest BCUT2D eigenvalue weighted by molar-refractivity contribution is -0.124. The minimum Gasteiger partial charge on any atom is -0.366 e. The molecule has 0 bridgehead atoms. The molecule has 2 aromatic rings. The number of carbonyl (C=O) groups excluding carboxylic acids is 3. The first-order valence-electron chi connectivity index (χ1n) is 7.14. The van der Waals surface area contributed by atoms with Crippen LogP contribution in [0.25, 0.3) is 0 Å². The molecule has 4 N–H and O–H groups in total. The summed E-state index contributed by atoms with van der Waals surface area (Å²) in [5.41, 5.74) is 5.79. The molecule has 6 nitrogen and oxygen atoms in total. The highest BCUT2D eigenvalue weighted by Gasteiger charge is 2.13. The number of amides is 3. The standard InChI is InChI=1S/C16H16FN3O3S/c17-12-4-2-1-3-10(12)9-19-13(21)5-6-14(22)20-16-11(15(18)23)7-8-24-16/h1-4,7-8H,5-6,9H2,(H2,18,23)(H,19,21)(H,20,22). The number of primary amides is 1. The first-order valence-corrected chi connectivity index (χ1v) is 8.02. The van der Waals surface area contributed by atoms with Gasteiger partial charge in [-0.1, -0.05) is 18.2 Å². The van der Waals surface area contributed by atoms with Crippen LogP contribution in [0.4, 0.5) is 9.39 Å². The van der Waals surface area contributed by atoms with Gasteiger partial charge >= 0.3 is 0 Å². The van der Waals surface area contributed by atoms with E-state index in [1.165, 1.54) is 23.5 Å². The number of hydrogen-bond acceptors (Lipinski definition) is 4. The lowest BCUT2D eigenvalue weighted by Crippen LogP contribution is -2.25. The van der Waals surface area contributed by atoms with Crippen molar-refractivity contribution >= 4 is 34.1 Å². The number of benzene rings is 1. The zero-order valence-corrected chi connectivity index (χ0v) is 13.5. The van der Waals surface area contributed by atoms with Crippen LogP contribution in [0, 0.1) is 5.82 Å². The normalized spacial score (nSPS) is 10.2. The summed E-state index contributed by atoms with van der Waals surface area (Å²) >= 11 is 1.17. The highest BCUT2D eigenvalue weighted by molar-refractivity contribution is 7.14. The van der Waals surface area contributed by atoms with E-state index in [1.807, 2.05) is 0 Å². The Labute approximate surface area is 141 Å². The van der Waals surface area contributed by atoms with Gasteiger partial charge in [-0.25, -0.2) is 4.39 Å². The van der Waals surface area contributed by atoms with Crippen LogP contribution in [0.3, 0.4) is 0 Å². The SMILES string of the molecule is NC(=O)c1ccsc1NC(=O)CCC(=O)NCc1ccccc1F. The second-order valence-corrected chi connectivity index (χ2v) is 5.86. The fourth-order valence-corrected chi connectivity index (χ4v) is 2.75. The highest BCUT2D eigenvalue weighted by atomic mass is 32.1. The van der Waals surface area contributed by atoms with Crippen molar-refractivity contribution in [1.29, 1.82) is 0 Å². The maximum absolute atomic E-state index is 13.4. The van der Waals surface area contributed by atoms with Crippen molar-refractivity contribution in [2.45, 2.75) is 19.4 Å². The van der Waals surface area contributed by atoms with E-state index in [0.717, 1.165) is 0 Å². The number of carbonyl (C=O) groups is 3. The van der Waals surface area contributed by atoms with Crippen LogP contribution in [-0.4, -0.2) is 17.7 Å². The van der Waals surface area contributed by atoms with Crippen molar-refractivity contribution in [1.82, 2.24) is 5.32 Å². The zero-order valence-electron chi connectivity index (χ0n) is 12.7. The summed E-state index contributed by atoms with van der Waals surface area (Å²) in [6.07, 6.45) is -0.100. The van der Waals surface area contributed by atoms with E-state index >= 15 is 0 Å². The van der Waals surface area contributed by atoms with Crippen LogP contribution in [0.15, 0.2) is 35.7 Å². The van der Waals surface area contributed by atoms with Gasteiger partial charge in [-0.2, -0.15) is 0 Å². The Hall–Kier alpha value is -2.74. The molecule has 3 amide bonds. The van der Waals surface area contributed by atoms with Crippen molar-refractivity contribution in [3.8, 4) is 0 Å². The molecule has 0 radical (unpaired) electrons. The third kappa shape index (κ3) is 4.88. The van der Waals surface area contributed by atoms with E-state index in [-0.39, 0.29) is 30.9 Å². The van der Waals surface area contributed by atoms with Gasteiger partial charge in [0.2, 0.25) is 11.8 Å². The van der Waals surface area contributed by atoms with Crippen molar-refractivity contribution in [3.63, 3.8) is 0 Å². The first kappa shape index (κ1) is 17.6. The quantitative estimate of drug-likeness (QED) is 0.713. The van der Waals surface area contributed by atoms with Gasteiger partial charge < -0.3 is 16.4 Å². The maximum Gasteiger partial charge on any atom is 0.251 e. The molecule has 0 saturated heterocycles. The highest BCUT2D eigenvalue weighted by Crippen LogP contribution is 2.22. The number of nitrogens with two attached hydrogens (primary N) is 1. The zero-order chi connectivity index (χ0) is 17.5. The van der Waals surface area contributed by atoms with Crippen LogP contribution < -0.4 is 16.4 Å². The summed E-state index contributed by atoms with van der Waals surface area (Å²) in [5, 5.41) is 7.10. The Bertz CT molecular complexity index is 761. The second kappa shape index (κ2) is 8.21. The Morgan fingerprint density at radius 3 is 2.50 bits per heavy atom. The summed E-state index contributed by atoms with van der Waals surface area (Å²) < 4.78 is 13.4. The van der Waals surface area contributed by atoms with Gasteiger partial charge in [0.1, 0.15) is 10.8 Å². The fraction of sp³-hybridized carbons (Fsp3) is 0.188. The predicted octanol–water partition coefficient (Wildman–Crippen LogP) is 2.02. The third-order valence-electron chi connectivity index (χ3n) is 3.20. The molecule has 0 unspecified atom stereocenters. The van der Waals surface area contributed by atoms with E-state index in [9.17, 15) is 18.8 Å². The lowest BCUT2D eigenvalue weighted by atomic mass is 10.2. The van der Waals surface area contributed by atoms with Crippen molar-refractivity contribution in [2.75, 3.05) is 5.32 Å². The van der Waals surface area contributed by atoms with Crippen LogP contribution in [0.2, 0.25) is 0 Å². The average molecular weight is 349 g/mol. The summed E-state index contributed by atoms with van der Waals surface area (Å²) in [6.45, 7) is 0.0594. The molecular weight excluding hydrogens is 333 g/mol. The summed E-state index contributed by atoms with van der Waals surface area (Å²) in [7, 11) is 0. The minimum absolute atomic E-state index is 0.0441. The summed E-state index contributed by atoms with van der Waals surface area (Å²) in [6, 6.07) is 7.64. The van der Waals surface area contributed by atoms with Gasteiger partial charge in [0.25, 0.3) is 5.91 Å². The van der Waals surface area contributed by atoms with E-state index in [4.69, 9.17) is 5.73 Å². The number of anilines is 1. The number of thiophene rings is 1. The second-order valence-electron chi connectivity index (χ2n) is 4.94. The largest absolute Gasteiger partial charge is 0.366 e. The molecule has 0 aliphatic rings. The molecule has 0 aliphatic carbocycles.